The van der Waals surface area contributed by atoms with E-state index in [4.69, 9.17) is 4.74 Å². The van der Waals surface area contributed by atoms with E-state index in [2.05, 4.69) is 5.32 Å². The van der Waals surface area contributed by atoms with Crippen LogP contribution in [-0.2, 0) is 26.0 Å². The second-order valence-corrected chi connectivity index (χ2v) is 11.6. The van der Waals surface area contributed by atoms with Crippen molar-refractivity contribution in [1.29, 1.82) is 0 Å². The molecule has 0 spiro atoms. The first-order chi connectivity index (χ1) is 19.6. The van der Waals surface area contributed by atoms with Gasteiger partial charge in [0.2, 0.25) is 11.8 Å². The summed E-state index contributed by atoms with van der Waals surface area (Å²) < 4.78 is 47.6. The Bertz CT molecular complexity index is 1380. The summed E-state index contributed by atoms with van der Waals surface area (Å²) in [7, 11) is -2.79. The van der Waals surface area contributed by atoms with E-state index in [0.717, 1.165) is 28.4 Å². The van der Waals surface area contributed by atoms with Gasteiger partial charge >= 0.3 is 0 Å². The smallest absolute Gasteiger partial charge is 0.264 e. The maximum absolute atomic E-state index is 14.0. The summed E-state index contributed by atoms with van der Waals surface area (Å²) in [6.07, 6.45) is 1.53. The highest BCUT2D eigenvalue weighted by molar-refractivity contribution is 7.92. The third-order valence-corrected chi connectivity index (χ3v) is 8.70. The first-order valence-corrected chi connectivity index (χ1v) is 15.1. The molecule has 41 heavy (non-hydrogen) atoms. The van der Waals surface area contributed by atoms with Crippen molar-refractivity contribution in [3.8, 4) is 5.75 Å². The molecule has 0 bridgehead atoms. The molecule has 0 saturated heterocycles. The number of halogens is 1. The van der Waals surface area contributed by atoms with Gasteiger partial charge in [-0.3, -0.25) is 13.9 Å². The van der Waals surface area contributed by atoms with Crippen LogP contribution in [-0.4, -0.2) is 57.4 Å². The minimum absolute atomic E-state index is 0.0622. The fraction of sp³-hybridized carbons (Fsp3) is 0.355. The van der Waals surface area contributed by atoms with Crippen molar-refractivity contribution in [2.45, 2.75) is 57.0 Å². The summed E-state index contributed by atoms with van der Waals surface area (Å²) in [5, 5.41) is 2.95. The molecule has 0 aliphatic heterocycles. The largest absolute Gasteiger partial charge is 0.497 e. The Kier molecular flexibility index (Phi) is 11.3. The van der Waals surface area contributed by atoms with Gasteiger partial charge in [0.15, 0.2) is 0 Å². The molecule has 0 heterocycles. The zero-order valence-electron chi connectivity index (χ0n) is 23.9. The van der Waals surface area contributed by atoms with Crippen molar-refractivity contribution >= 4 is 27.5 Å². The van der Waals surface area contributed by atoms with Crippen molar-refractivity contribution in [3.63, 3.8) is 0 Å². The van der Waals surface area contributed by atoms with Gasteiger partial charge in [0.05, 0.1) is 17.7 Å². The van der Waals surface area contributed by atoms with Crippen molar-refractivity contribution in [2.75, 3.05) is 24.5 Å². The van der Waals surface area contributed by atoms with Gasteiger partial charge in [-0.05, 0) is 80.3 Å². The van der Waals surface area contributed by atoms with Crippen LogP contribution in [0.1, 0.15) is 39.2 Å². The van der Waals surface area contributed by atoms with Gasteiger partial charge in [-0.15, -0.1) is 0 Å². The fourth-order valence-corrected chi connectivity index (χ4v) is 5.76. The summed E-state index contributed by atoms with van der Waals surface area (Å²) >= 11 is 0. The Morgan fingerprint density at radius 3 is 2.12 bits per heavy atom. The second kappa shape index (κ2) is 14.6. The number of methoxy groups -OCH3 is 1. The number of nitrogens with one attached hydrogen (secondary N) is 1. The van der Waals surface area contributed by atoms with E-state index in [1.54, 1.807) is 0 Å². The molecule has 0 aliphatic rings. The van der Waals surface area contributed by atoms with Gasteiger partial charge in [-0.2, -0.15) is 0 Å². The lowest BCUT2D eigenvalue weighted by Gasteiger charge is -2.33. The Balaban J connectivity index is 2.00. The summed E-state index contributed by atoms with van der Waals surface area (Å²) in [6, 6.07) is 19.3. The third-order valence-electron chi connectivity index (χ3n) is 6.91. The Morgan fingerprint density at radius 1 is 0.927 bits per heavy atom. The zero-order chi connectivity index (χ0) is 30.0. The summed E-state index contributed by atoms with van der Waals surface area (Å²) in [5.41, 5.74) is 1.10. The highest BCUT2D eigenvalue weighted by Gasteiger charge is 2.33. The first kappa shape index (κ1) is 31.6. The molecule has 3 aromatic carbocycles. The predicted molar refractivity (Wildman–Crippen MR) is 158 cm³/mol. The van der Waals surface area contributed by atoms with Crippen molar-refractivity contribution < 1.29 is 27.1 Å². The summed E-state index contributed by atoms with van der Waals surface area (Å²) in [4.78, 5) is 28.7. The molecule has 10 heteroatoms. The van der Waals surface area contributed by atoms with Crippen LogP contribution in [0.15, 0.2) is 83.8 Å². The van der Waals surface area contributed by atoms with Crippen LogP contribution < -0.4 is 14.4 Å². The van der Waals surface area contributed by atoms with Crippen molar-refractivity contribution in [1.82, 2.24) is 10.2 Å². The molecule has 0 radical (unpaired) electrons. The van der Waals surface area contributed by atoms with Gasteiger partial charge in [0.25, 0.3) is 10.0 Å². The lowest BCUT2D eigenvalue weighted by atomic mass is 10.1. The van der Waals surface area contributed by atoms with Gasteiger partial charge in [-0.25, -0.2) is 12.8 Å². The molecule has 0 aliphatic carbocycles. The molecule has 0 aromatic heterocycles. The van der Waals surface area contributed by atoms with E-state index in [-0.39, 0.29) is 29.1 Å². The number of rotatable bonds is 14. The SMILES string of the molecule is CC[C@@H](C)NC(=O)[C@H](CC)N(CCc1ccccc1)C(=O)CN(c1ccc(F)cc1)S(=O)(=O)c1ccc(OC)cc1. The van der Waals surface area contributed by atoms with Crippen LogP contribution in [0.25, 0.3) is 0 Å². The third kappa shape index (κ3) is 8.29. The molecular weight excluding hydrogens is 545 g/mol. The Hall–Kier alpha value is -3.92. The molecule has 1 N–H and O–H groups in total. The van der Waals surface area contributed by atoms with Crippen LogP contribution >= 0.6 is 0 Å². The number of ether oxygens (including phenoxy) is 1. The average molecular weight is 584 g/mol. The topological polar surface area (TPSA) is 96.0 Å². The van der Waals surface area contributed by atoms with Crippen LogP contribution in [0.2, 0.25) is 0 Å². The highest BCUT2D eigenvalue weighted by Crippen LogP contribution is 2.26. The average Bonchev–Trinajstić information content (AvgIpc) is 2.98. The van der Waals surface area contributed by atoms with Crippen LogP contribution in [0.3, 0.4) is 0 Å². The monoisotopic (exact) mass is 583 g/mol. The van der Waals surface area contributed by atoms with E-state index in [1.807, 2.05) is 51.1 Å². The minimum atomic E-state index is -4.26. The van der Waals surface area contributed by atoms with E-state index in [1.165, 1.54) is 48.4 Å². The van der Waals surface area contributed by atoms with Crippen LogP contribution in [0.5, 0.6) is 5.75 Å². The van der Waals surface area contributed by atoms with E-state index in [0.29, 0.717) is 18.6 Å². The number of hydrogen-bond acceptors (Lipinski definition) is 5. The van der Waals surface area contributed by atoms with Gasteiger partial charge in [0, 0.05) is 12.6 Å². The molecule has 220 valence electrons. The van der Waals surface area contributed by atoms with Gasteiger partial charge in [0.1, 0.15) is 24.2 Å². The predicted octanol–water partition coefficient (Wildman–Crippen LogP) is 4.79. The zero-order valence-corrected chi connectivity index (χ0v) is 24.7. The van der Waals surface area contributed by atoms with E-state index >= 15 is 0 Å². The quantitative estimate of drug-likeness (QED) is 0.294. The lowest BCUT2D eigenvalue weighted by molar-refractivity contribution is -0.139. The Labute approximate surface area is 242 Å². The van der Waals surface area contributed by atoms with E-state index < -0.39 is 34.3 Å². The number of benzene rings is 3. The number of nitrogens with zero attached hydrogens (tertiary/aromatic N) is 2. The number of sulfonamides is 1. The first-order valence-electron chi connectivity index (χ1n) is 13.7. The maximum atomic E-state index is 14.0. The lowest BCUT2D eigenvalue weighted by Crippen LogP contribution is -2.54. The van der Waals surface area contributed by atoms with Gasteiger partial charge < -0.3 is 15.0 Å². The number of carbonyl (C=O) groups excluding carboxylic acids is 2. The molecule has 0 unspecified atom stereocenters. The number of hydrogen-bond donors (Lipinski definition) is 1. The van der Waals surface area contributed by atoms with Crippen molar-refractivity contribution in [2.24, 2.45) is 0 Å². The number of amides is 2. The Morgan fingerprint density at radius 2 is 1.56 bits per heavy atom. The minimum Gasteiger partial charge on any atom is -0.497 e. The molecule has 3 aromatic rings. The molecule has 3 rings (SSSR count). The number of carbonyl (C=O) groups is 2. The maximum Gasteiger partial charge on any atom is 0.264 e. The highest BCUT2D eigenvalue weighted by atomic mass is 32.2. The van der Waals surface area contributed by atoms with Crippen LogP contribution in [0, 0.1) is 5.82 Å². The molecule has 0 saturated carbocycles. The second-order valence-electron chi connectivity index (χ2n) is 9.73. The normalized spacial score (nSPS) is 12.7. The van der Waals surface area contributed by atoms with Crippen molar-refractivity contribution in [3.05, 3.63) is 90.2 Å². The molecule has 0 fully saturated rings. The van der Waals surface area contributed by atoms with Crippen LogP contribution in [0.4, 0.5) is 10.1 Å². The molecule has 2 atom stereocenters. The van der Waals surface area contributed by atoms with Gasteiger partial charge in [-0.1, -0.05) is 44.2 Å². The number of anilines is 1. The summed E-state index contributed by atoms with van der Waals surface area (Å²) in [6.45, 7) is 5.28. The standard InChI is InChI=1S/C31H38FN3O5S/c1-5-23(3)33-31(37)29(6-2)34(21-20-24-10-8-7-9-11-24)30(36)22-35(26-14-12-25(32)13-15-26)41(38,39)28-18-16-27(40-4)17-19-28/h7-19,23,29H,5-6,20-22H2,1-4H3,(H,33,37)/t23-,29+/m1/s1. The summed E-state index contributed by atoms with van der Waals surface area (Å²) in [5.74, 6) is -0.916. The fourth-order valence-electron chi connectivity index (χ4n) is 4.35. The molecule has 2 amide bonds. The van der Waals surface area contributed by atoms with E-state index in [9.17, 15) is 22.4 Å². The molecular formula is C31H38FN3O5S. The molecule has 8 nitrogen and oxygen atoms in total.